The number of amides is 1. The minimum absolute atomic E-state index is 0.0471. The van der Waals surface area contributed by atoms with Gasteiger partial charge in [-0.3, -0.25) is 9.59 Å². The second kappa shape index (κ2) is 9.44. The first kappa shape index (κ1) is 21.9. The van der Waals surface area contributed by atoms with Crippen LogP contribution in [0.4, 0.5) is 5.82 Å². The molecule has 1 fully saturated rings. The molecule has 1 saturated heterocycles. The molecule has 7 nitrogen and oxygen atoms in total. The first-order valence-electron chi connectivity index (χ1n) is 10.6. The lowest BCUT2D eigenvalue weighted by Crippen LogP contribution is -2.40. The van der Waals surface area contributed by atoms with Crippen LogP contribution in [0.1, 0.15) is 30.1 Å². The number of rotatable bonds is 5. The van der Waals surface area contributed by atoms with Crippen molar-refractivity contribution in [3.63, 3.8) is 0 Å². The molecule has 0 radical (unpaired) electrons. The van der Waals surface area contributed by atoms with E-state index in [9.17, 15) is 9.59 Å². The highest BCUT2D eigenvalue weighted by molar-refractivity contribution is 6.30. The van der Waals surface area contributed by atoms with Crippen LogP contribution >= 0.6 is 11.6 Å². The van der Waals surface area contributed by atoms with E-state index in [1.807, 2.05) is 36.4 Å². The van der Waals surface area contributed by atoms with Crippen LogP contribution in [0.15, 0.2) is 54.6 Å². The fraction of sp³-hybridized carbons (Fsp3) is 0.292. The number of aromatic nitrogens is 2. The van der Waals surface area contributed by atoms with E-state index in [1.54, 1.807) is 34.7 Å². The molecule has 32 heavy (non-hydrogen) atoms. The molecule has 0 saturated carbocycles. The van der Waals surface area contributed by atoms with Gasteiger partial charge in [-0.05, 0) is 56.2 Å². The topological polar surface area (TPSA) is 90.5 Å². The minimum Gasteiger partial charge on any atom is -0.466 e. The number of benzene rings is 2. The predicted octanol–water partition coefficient (Wildman–Crippen LogP) is 4.19. The molecule has 166 valence electrons. The van der Waals surface area contributed by atoms with Gasteiger partial charge < -0.3 is 15.4 Å². The lowest BCUT2D eigenvalue weighted by atomic mass is 9.96. The van der Waals surface area contributed by atoms with Gasteiger partial charge in [-0.25, -0.2) is 4.68 Å². The Hall–Kier alpha value is -3.32. The van der Waals surface area contributed by atoms with Gasteiger partial charge in [0.15, 0.2) is 0 Å². The first-order chi connectivity index (χ1) is 15.5. The molecule has 0 aliphatic carbocycles. The maximum atomic E-state index is 12.9. The van der Waals surface area contributed by atoms with Gasteiger partial charge >= 0.3 is 5.97 Å². The summed E-state index contributed by atoms with van der Waals surface area (Å²) in [6.07, 6.45) is 1.25. The zero-order valence-electron chi connectivity index (χ0n) is 17.8. The first-order valence-corrected chi connectivity index (χ1v) is 11.0. The van der Waals surface area contributed by atoms with Gasteiger partial charge in [0.25, 0.3) is 5.91 Å². The molecule has 1 amide bonds. The van der Waals surface area contributed by atoms with Gasteiger partial charge in [-0.15, -0.1) is 0 Å². The Labute approximate surface area is 191 Å². The third-order valence-corrected chi connectivity index (χ3v) is 5.89. The molecule has 0 unspecified atom stereocenters. The number of piperidine rings is 1. The monoisotopic (exact) mass is 452 g/mol. The summed E-state index contributed by atoms with van der Waals surface area (Å²) in [4.78, 5) is 26.6. The van der Waals surface area contributed by atoms with Crippen molar-refractivity contribution in [3.05, 3.63) is 65.2 Å². The number of hydrogen-bond acceptors (Lipinski definition) is 5. The highest BCUT2D eigenvalue weighted by Crippen LogP contribution is 2.25. The van der Waals surface area contributed by atoms with Gasteiger partial charge in [-0.1, -0.05) is 23.7 Å². The van der Waals surface area contributed by atoms with Crippen molar-refractivity contribution >= 4 is 29.3 Å². The third-order valence-electron chi connectivity index (χ3n) is 5.64. The fourth-order valence-corrected chi connectivity index (χ4v) is 4.00. The van der Waals surface area contributed by atoms with Crippen LogP contribution in [0.3, 0.4) is 0 Å². The molecule has 1 aliphatic rings. The van der Waals surface area contributed by atoms with Crippen LogP contribution in [0.25, 0.3) is 16.9 Å². The summed E-state index contributed by atoms with van der Waals surface area (Å²) in [5, 5.41) is 5.25. The third kappa shape index (κ3) is 4.62. The molecule has 2 heterocycles. The number of esters is 1. The number of carbonyl (C=O) groups excluding carboxylic acids is 2. The van der Waals surface area contributed by atoms with E-state index < -0.39 is 0 Å². The molecule has 1 aliphatic heterocycles. The summed E-state index contributed by atoms with van der Waals surface area (Å²) in [6.45, 7) is 3.27. The largest absolute Gasteiger partial charge is 0.466 e. The van der Waals surface area contributed by atoms with E-state index in [1.165, 1.54) is 0 Å². The maximum absolute atomic E-state index is 12.9. The van der Waals surface area contributed by atoms with Crippen molar-refractivity contribution in [2.75, 3.05) is 25.4 Å². The molecule has 0 spiro atoms. The molecule has 3 aromatic rings. The van der Waals surface area contributed by atoms with Gasteiger partial charge in [0.1, 0.15) is 5.82 Å². The molecule has 4 rings (SSSR count). The lowest BCUT2D eigenvalue weighted by molar-refractivity contribution is -0.149. The van der Waals surface area contributed by atoms with Crippen molar-refractivity contribution in [3.8, 4) is 16.9 Å². The van der Waals surface area contributed by atoms with Crippen LogP contribution in [0, 0.1) is 5.92 Å². The van der Waals surface area contributed by atoms with Crippen molar-refractivity contribution in [2.45, 2.75) is 19.8 Å². The van der Waals surface area contributed by atoms with Crippen LogP contribution < -0.4 is 5.73 Å². The van der Waals surface area contributed by atoms with Gasteiger partial charge in [0, 0.05) is 35.3 Å². The van der Waals surface area contributed by atoms with E-state index in [-0.39, 0.29) is 17.8 Å². The highest BCUT2D eigenvalue weighted by atomic mass is 35.5. The number of halogens is 1. The number of nitrogens with two attached hydrogens (primary N) is 1. The number of ether oxygens (including phenoxy) is 1. The van der Waals surface area contributed by atoms with Crippen molar-refractivity contribution in [1.82, 2.24) is 14.7 Å². The molecular formula is C24H25ClN4O3. The average molecular weight is 453 g/mol. The van der Waals surface area contributed by atoms with E-state index in [4.69, 9.17) is 22.1 Å². The lowest BCUT2D eigenvalue weighted by Gasteiger charge is -2.31. The number of hydrogen-bond donors (Lipinski definition) is 1. The maximum Gasteiger partial charge on any atom is 0.309 e. The Morgan fingerprint density at radius 2 is 1.75 bits per heavy atom. The molecule has 2 aromatic carbocycles. The Morgan fingerprint density at radius 3 is 2.38 bits per heavy atom. The summed E-state index contributed by atoms with van der Waals surface area (Å²) >= 11 is 5.96. The zero-order chi connectivity index (χ0) is 22.7. The summed E-state index contributed by atoms with van der Waals surface area (Å²) in [6, 6.07) is 16.4. The number of likely N-dealkylation sites (tertiary alicyclic amines) is 1. The van der Waals surface area contributed by atoms with Crippen molar-refractivity contribution in [2.24, 2.45) is 5.92 Å². The van der Waals surface area contributed by atoms with E-state index >= 15 is 0 Å². The molecule has 8 heteroatoms. The van der Waals surface area contributed by atoms with Crippen molar-refractivity contribution < 1.29 is 14.3 Å². The Kier molecular flexibility index (Phi) is 6.46. The SMILES string of the molecule is CCOC(=O)C1CCN(C(=O)c2ccc(-n3nc(-c4ccc(Cl)cc4)cc3N)cc2)CC1. The smallest absolute Gasteiger partial charge is 0.309 e. The second-order valence-electron chi connectivity index (χ2n) is 7.74. The van der Waals surface area contributed by atoms with Crippen LogP contribution in [-0.2, 0) is 9.53 Å². The standard InChI is InChI=1S/C24H25ClN4O3/c1-2-32-24(31)18-11-13-28(14-12-18)23(30)17-5-9-20(10-6-17)29-22(26)15-21(27-29)16-3-7-19(25)8-4-16/h3-10,15,18H,2,11-14,26H2,1H3. The quantitative estimate of drug-likeness (QED) is 0.586. The molecular weight excluding hydrogens is 428 g/mol. The van der Waals surface area contributed by atoms with Gasteiger partial charge in [0.05, 0.1) is 23.9 Å². The predicted molar refractivity (Wildman–Crippen MR) is 124 cm³/mol. The van der Waals surface area contributed by atoms with Crippen LogP contribution in [-0.4, -0.2) is 46.3 Å². The molecule has 0 atom stereocenters. The number of nitrogens with zero attached hydrogens (tertiary/aromatic N) is 3. The average Bonchev–Trinajstić information content (AvgIpc) is 3.21. The summed E-state index contributed by atoms with van der Waals surface area (Å²) in [5.74, 6) is 0.155. The normalized spacial score (nSPS) is 14.4. The Balaban J connectivity index is 1.44. The summed E-state index contributed by atoms with van der Waals surface area (Å²) < 4.78 is 6.74. The Morgan fingerprint density at radius 1 is 1.09 bits per heavy atom. The minimum atomic E-state index is -0.168. The number of nitrogen functional groups attached to an aromatic ring is 1. The van der Waals surface area contributed by atoms with Gasteiger partial charge in [-0.2, -0.15) is 5.10 Å². The summed E-state index contributed by atoms with van der Waals surface area (Å²) in [5.41, 5.74) is 9.18. The van der Waals surface area contributed by atoms with Gasteiger partial charge in [0.2, 0.25) is 0 Å². The van der Waals surface area contributed by atoms with Crippen molar-refractivity contribution in [1.29, 1.82) is 0 Å². The van der Waals surface area contributed by atoms with E-state index in [0.29, 0.717) is 48.9 Å². The fourth-order valence-electron chi connectivity index (χ4n) is 3.87. The zero-order valence-corrected chi connectivity index (χ0v) is 18.6. The number of carbonyl (C=O) groups is 2. The highest BCUT2D eigenvalue weighted by Gasteiger charge is 2.28. The number of anilines is 1. The molecule has 0 bridgehead atoms. The van der Waals surface area contributed by atoms with E-state index in [2.05, 4.69) is 5.10 Å². The van der Waals surface area contributed by atoms with Crippen LogP contribution in [0.5, 0.6) is 0 Å². The molecule has 2 N–H and O–H groups in total. The second-order valence-corrected chi connectivity index (χ2v) is 8.17. The Bertz CT molecular complexity index is 1100. The molecule has 1 aromatic heterocycles. The van der Waals surface area contributed by atoms with E-state index in [0.717, 1.165) is 16.9 Å². The summed E-state index contributed by atoms with van der Waals surface area (Å²) in [7, 11) is 0. The van der Waals surface area contributed by atoms with Crippen LogP contribution in [0.2, 0.25) is 5.02 Å².